The third-order valence-electron chi connectivity index (χ3n) is 1.56. The van der Waals surface area contributed by atoms with Crippen LogP contribution in [0.15, 0.2) is 34.9 Å². The van der Waals surface area contributed by atoms with E-state index >= 15 is 0 Å². The molecule has 0 atom stereocenters. The van der Waals surface area contributed by atoms with E-state index in [1.165, 1.54) is 23.0 Å². The SMILES string of the molecule is C=C(Cl)Cn1ccc(=O)c(C(=O)O)c1. The lowest BCUT2D eigenvalue weighted by atomic mass is 10.3. The van der Waals surface area contributed by atoms with Gasteiger partial charge in [0.1, 0.15) is 5.56 Å². The number of pyridine rings is 1. The first kappa shape index (κ1) is 10.5. The number of halogens is 1. The summed E-state index contributed by atoms with van der Waals surface area (Å²) in [6.45, 7) is 3.75. The van der Waals surface area contributed by atoms with E-state index in [1.54, 1.807) is 0 Å². The van der Waals surface area contributed by atoms with Crippen molar-refractivity contribution in [3.63, 3.8) is 0 Å². The predicted octanol–water partition coefficient (Wildman–Crippen LogP) is 1.30. The van der Waals surface area contributed by atoms with Crippen LogP contribution in [-0.2, 0) is 6.54 Å². The molecule has 0 amide bonds. The lowest BCUT2D eigenvalue weighted by Crippen LogP contribution is -2.16. The van der Waals surface area contributed by atoms with Gasteiger partial charge in [0.25, 0.3) is 0 Å². The number of allylic oxidation sites excluding steroid dienone is 1. The summed E-state index contributed by atoms with van der Waals surface area (Å²) in [5.74, 6) is -1.25. The van der Waals surface area contributed by atoms with Crippen molar-refractivity contribution < 1.29 is 9.90 Å². The number of hydrogen-bond donors (Lipinski definition) is 1. The van der Waals surface area contributed by atoms with Crippen LogP contribution in [0, 0.1) is 0 Å². The molecule has 4 nitrogen and oxygen atoms in total. The minimum atomic E-state index is -1.25. The van der Waals surface area contributed by atoms with Crippen molar-refractivity contribution in [1.29, 1.82) is 0 Å². The van der Waals surface area contributed by atoms with Crippen LogP contribution in [0.4, 0.5) is 0 Å². The van der Waals surface area contributed by atoms with Crippen molar-refractivity contribution in [3.05, 3.63) is 45.9 Å². The fourth-order valence-electron chi connectivity index (χ4n) is 0.983. The third-order valence-corrected chi connectivity index (χ3v) is 1.68. The van der Waals surface area contributed by atoms with Crippen molar-refractivity contribution in [2.24, 2.45) is 0 Å². The lowest BCUT2D eigenvalue weighted by molar-refractivity contribution is 0.0694. The number of carbonyl (C=O) groups is 1. The second-order valence-corrected chi connectivity index (χ2v) is 3.25. The van der Waals surface area contributed by atoms with E-state index in [0.29, 0.717) is 5.03 Å². The molecule has 1 heterocycles. The van der Waals surface area contributed by atoms with Gasteiger partial charge in [0.2, 0.25) is 0 Å². The van der Waals surface area contributed by atoms with Crippen molar-refractivity contribution in [1.82, 2.24) is 4.57 Å². The van der Waals surface area contributed by atoms with Crippen LogP contribution in [0.25, 0.3) is 0 Å². The largest absolute Gasteiger partial charge is 0.477 e. The molecule has 14 heavy (non-hydrogen) atoms. The zero-order chi connectivity index (χ0) is 10.7. The average Bonchev–Trinajstić information content (AvgIpc) is 2.07. The fraction of sp³-hybridized carbons (Fsp3) is 0.111. The molecule has 0 radical (unpaired) electrons. The van der Waals surface area contributed by atoms with E-state index in [2.05, 4.69) is 6.58 Å². The van der Waals surface area contributed by atoms with Gasteiger partial charge in [-0.15, -0.1) is 0 Å². The van der Waals surface area contributed by atoms with Crippen LogP contribution in [-0.4, -0.2) is 15.6 Å². The number of rotatable bonds is 3. The average molecular weight is 214 g/mol. The second kappa shape index (κ2) is 4.11. The smallest absolute Gasteiger partial charge is 0.341 e. The molecule has 1 rings (SSSR count). The Morgan fingerprint density at radius 3 is 2.79 bits per heavy atom. The summed E-state index contributed by atoms with van der Waals surface area (Å²) in [4.78, 5) is 21.6. The van der Waals surface area contributed by atoms with Gasteiger partial charge < -0.3 is 9.67 Å². The molecule has 0 bridgehead atoms. The molecule has 0 fully saturated rings. The summed E-state index contributed by atoms with van der Waals surface area (Å²) >= 11 is 5.54. The Kier molecular flexibility index (Phi) is 3.09. The van der Waals surface area contributed by atoms with E-state index in [9.17, 15) is 9.59 Å². The van der Waals surface area contributed by atoms with Crippen LogP contribution in [0.1, 0.15) is 10.4 Å². The molecule has 0 saturated heterocycles. The van der Waals surface area contributed by atoms with Gasteiger partial charge in [-0.1, -0.05) is 18.2 Å². The molecule has 0 spiro atoms. The lowest BCUT2D eigenvalue weighted by Gasteiger charge is -2.04. The maximum absolute atomic E-state index is 11.0. The van der Waals surface area contributed by atoms with Gasteiger partial charge >= 0.3 is 5.97 Å². The highest BCUT2D eigenvalue weighted by atomic mass is 35.5. The number of carboxylic acids is 1. The molecule has 74 valence electrons. The standard InChI is InChI=1S/C9H8ClNO3/c1-6(10)4-11-3-2-8(12)7(5-11)9(13)14/h2-3,5H,1,4H2,(H,13,14). The summed E-state index contributed by atoms with van der Waals surface area (Å²) in [5, 5.41) is 9.02. The van der Waals surface area contributed by atoms with E-state index in [4.69, 9.17) is 16.7 Å². The van der Waals surface area contributed by atoms with Crippen molar-refractivity contribution in [2.45, 2.75) is 6.54 Å². The Morgan fingerprint density at radius 2 is 2.29 bits per heavy atom. The number of aromatic carboxylic acids is 1. The van der Waals surface area contributed by atoms with Crippen LogP contribution < -0.4 is 5.43 Å². The Bertz CT molecular complexity index is 436. The first-order valence-corrected chi connectivity index (χ1v) is 4.15. The monoisotopic (exact) mass is 213 g/mol. The van der Waals surface area contributed by atoms with Crippen molar-refractivity contribution in [3.8, 4) is 0 Å². The molecule has 0 unspecified atom stereocenters. The van der Waals surface area contributed by atoms with Gasteiger partial charge in [0.15, 0.2) is 5.43 Å². The van der Waals surface area contributed by atoms with E-state index in [0.717, 1.165) is 0 Å². The summed E-state index contributed by atoms with van der Waals surface area (Å²) in [6, 6.07) is 1.18. The third kappa shape index (κ3) is 2.47. The number of carboxylic acid groups (broad SMARTS) is 1. The van der Waals surface area contributed by atoms with E-state index in [-0.39, 0.29) is 12.1 Å². The van der Waals surface area contributed by atoms with Gasteiger partial charge in [-0.25, -0.2) is 4.79 Å². The molecular formula is C9H8ClNO3. The number of nitrogens with zero attached hydrogens (tertiary/aromatic N) is 1. The Morgan fingerprint density at radius 1 is 1.64 bits per heavy atom. The molecule has 1 N–H and O–H groups in total. The van der Waals surface area contributed by atoms with Gasteiger partial charge in [-0.05, 0) is 0 Å². The summed E-state index contributed by atoms with van der Waals surface area (Å²) in [5.41, 5.74) is -0.792. The Balaban J connectivity index is 3.13. The zero-order valence-electron chi connectivity index (χ0n) is 7.24. The molecule has 0 aliphatic carbocycles. The van der Waals surface area contributed by atoms with E-state index < -0.39 is 11.4 Å². The second-order valence-electron chi connectivity index (χ2n) is 2.72. The van der Waals surface area contributed by atoms with Gasteiger partial charge in [-0.2, -0.15) is 0 Å². The zero-order valence-corrected chi connectivity index (χ0v) is 7.99. The molecule has 1 aromatic rings. The van der Waals surface area contributed by atoms with Crippen LogP contribution in [0.5, 0.6) is 0 Å². The maximum Gasteiger partial charge on any atom is 0.341 e. The molecule has 0 aliphatic rings. The summed E-state index contributed by atoms with van der Waals surface area (Å²) in [6.07, 6.45) is 2.70. The minimum absolute atomic E-state index is 0.273. The first-order chi connectivity index (χ1) is 6.50. The van der Waals surface area contributed by atoms with Gasteiger partial charge in [0, 0.05) is 23.5 Å². The van der Waals surface area contributed by atoms with E-state index in [1.807, 2.05) is 0 Å². The van der Waals surface area contributed by atoms with Crippen molar-refractivity contribution >= 4 is 17.6 Å². The summed E-state index contributed by atoms with van der Waals surface area (Å²) < 4.78 is 1.49. The highest BCUT2D eigenvalue weighted by Crippen LogP contribution is 2.02. The highest BCUT2D eigenvalue weighted by Gasteiger charge is 2.07. The molecule has 0 aromatic carbocycles. The maximum atomic E-state index is 11.0. The first-order valence-electron chi connectivity index (χ1n) is 3.77. The normalized spacial score (nSPS) is 9.79. The highest BCUT2D eigenvalue weighted by molar-refractivity contribution is 6.29. The molecule has 5 heteroatoms. The molecule has 0 aliphatic heterocycles. The van der Waals surface area contributed by atoms with Crippen LogP contribution >= 0.6 is 11.6 Å². The van der Waals surface area contributed by atoms with Crippen LogP contribution in [0.3, 0.4) is 0 Å². The molecule has 1 aromatic heterocycles. The quantitative estimate of drug-likeness (QED) is 0.823. The minimum Gasteiger partial charge on any atom is -0.477 e. The van der Waals surface area contributed by atoms with Gasteiger partial charge in [-0.3, -0.25) is 4.79 Å². The Labute approximate surface area is 85.1 Å². The predicted molar refractivity (Wildman–Crippen MR) is 52.7 cm³/mol. The molecular weight excluding hydrogens is 206 g/mol. The molecule has 0 saturated carbocycles. The fourth-order valence-corrected chi connectivity index (χ4v) is 1.12. The topological polar surface area (TPSA) is 59.3 Å². The van der Waals surface area contributed by atoms with Crippen molar-refractivity contribution in [2.75, 3.05) is 0 Å². The van der Waals surface area contributed by atoms with Gasteiger partial charge in [0.05, 0.1) is 6.54 Å². The van der Waals surface area contributed by atoms with Crippen LogP contribution in [0.2, 0.25) is 0 Å². The Hall–Kier alpha value is -1.55. The number of hydrogen-bond acceptors (Lipinski definition) is 2. The number of aromatic nitrogens is 1. The summed E-state index contributed by atoms with van der Waals surface area (Å²) in [7, 11) is 0.